The zero-order valence-electron chi connectivity index (χ0n) is 15.0. The molecule has 3 fully saturated rings. The molecule has 1 heterocycles. The molecule has 24 heavy (non-hydrogen) atoms. The summed E-state index contributed by atoms with van der Waals surface area (Å²) >= 11 is 0. The monoisotopic (exact) mass is 333 g/mol. The Hall–Kier alpha value is -1.36. The first-order valence-corrected chi connectivity index (χ1v) is 9.45. The first-order chi connectivity index (χ1) is 11.6. The number of nitrogens with zero attached hydrogens (tertiary/aromatic N) is 1. The lowest BCUT2D eigenvalue weighted by Crippen LogP contribution is -2.41. The summed E-state index contributed by atoms with van der Waals surface area (Å²) in [6, 6.07) is 0.452. The van der Waals surface area contributed by atoms with Gasteiger partial charge in [-0.1, -0.05) is 0 Å². The molecule has 5 nitrogen and oxygen atoms in total. The highest BCUT2D eigenvalue weighted by Crippen LogP contribution is 2.50. The van der Waals surface area contributed by atoms with Crippen molar-refractivity contribution in [2.45, 2.75) is 64.5 Å². The number of aliphatic imine (C=N–C) groups is 1. The van der Waals surface area contributed by atoms with Gasteiger partial charge in [0.15, 0.2) is 0 Å². The summed E-state index contributed by atoms with van der Waals surface area (Å²) in [6.45, 7) is 5.53. The van der Waals surface area contributed by atoms with Crippen LogP contribution in [0.1, 0.15) is 52.4 Å². The molecule has 1 amide bonds. The molecule has 1 unspecified atom stereocenters. The van der Waals surface area contributed by atoms with Gasteiger partial charge in [0, 0.05) is 31.2 Å². The summed E-state index contributed by atoms with van der Waals surface area (Å²) in [5.74, 6) is 2.19. The van der Waals surface area contributed by atoms with Crippen LogP contribution in [0.3, 0.4) is 0 Å². The molecule has 2 aliphatic carbocycles. The molecule has 0 aromatic carbocycles. The van der Waals surface area contributed by atoms with Crippen LogP contribution in [-0.2, 0) is 9.53 Å². The number of ether oxygens (including phenoxy) is 1. The molecule has 1 saturated heterocycles. The van der Waals surface area contributed by atoms with Gasteiger partial charge in [0.2, 0.25) is 0 Å². The molecule has 3 rings (SSSR count). The lowest BCUT2D eigenvalue weighted by molar-refractivity contribution is -0.118. The van der Waals surface area contributed by atoms with Crippen LogP contribution in [-0.4, -0.2) is 36.9 Å². The van der Waals surface area contributed by atoms with E-state index >= 15 is 0 Å². The summed E-state index contributed by atoms with van der Waals surface area (Å²) in [7, 11) is 0. The largest absolute Gasteiger partial charge is 0.404 e. The van der Waals surface area contributed by atoms with Gasteiger partial charge in [-0.25, -0.2) is 0 Å². The van der Waals surface area contributed by atoms with Crippen molar-refractivity contribution in [2.24, 2.45) is 28.5 Å². The highest BCUT2D eigenvalue weighted by molar-refractivity contribution is 6.20. The molecule has 0 bridgehead atoms. The number of hydrogen-bond donors (Lipinski definition) is 2. The number of nitrogens with two attached hydrogens (primary N) is 1. The van der Waals surface area contributed by atoms with Gasteiger partial charge < -0.3 is 15.8 Å². The summed E-state index contributed by atoms with van der Waals surface area (Å²) < 4.78 is 5.36. The maximum Gasteiger partial charge on any atom is 0.254 e. The average Bonchev–Trinajstić information content (AvgIpc) is 3.44. The quantitative estimate of drug-likeness (QED) is 0.555. The molecule has 2 saturated carbocycles. The molecule has 1 aliphatic heterocycles. The molecule has 0 spiro atoms. The van der Waals surface area contributed by atoms with Crippen molar-refractivity contribution in [3.8, 4) is 0 Å². The summed E-state index contributed by atoms with van der Waals surface area (Å²) in [4.78, 5) is 17.4. The Morgan fingerprint density at radius 3 is 2.25 bits per heavy atom. The topological polar surface area (TPSA) is 76.7 Å². The number of hydrogen-bond acceptors (Lipinski definition) is 4. The molecular formula is C19H31N3O2. The zero-order valence-corrected chi connectivity index (χ0v) is 15.0. The number of carbonyl (C=O) groups excluding carboxylic acids is 1. The smallest absolute Gasteiger partial charge is 0.254 e. The Balaban J connectivity index is 1.59. The molecular weight excluding hydrogens is 302 g/mol. The Labute approximate surface area is 145 Å². The maximum absolute atomic E-state index is 12.7. The van der Waals surface area contributed by atoms with Crippen molar-refractivity contribution >= 4 is 11.6 Å². The first-order valence-electron chi connectivity index (χ1n) is 9.45. The second-order valence-corrected chi connectivity index (χ2v) is 7.65. The fraction of sp³-hybridized carbons (Fsp3) is 0.789. The molecule has 5 heteroatoms. The van der Waals surface area contributed by atoms with E-state index < -0.39 is 0 Å². The highest BCUT2D eigenvalue weighted by atomic mass is 16.5. The van der Waals surface area contributed by atoms with E-state index in [9.17, 15) is 4.79 Å². The van der Waals surface area contributed by atoms with E-state index in [2.05, 4.69) is 12.2 Å². The van der Waals surface area contributed by atoms with Crippen LogP contribution in [0, 0.1) is 17.8 Å². The minimum atomic E-state index is -0.0791. The van der Waals surface area contributed by atoms with Crippen molar-refractivity contribution in [3.05, 3.63) is 11.8 Å². The van der Waals surface area contributed by atoms with Crippen molar-refractivity contribution in [2.75, 3.05) is 13.2 Å². The Morgan fingerprint density at radius 2 is 1.75 bits per heavy atom. The minimum absolute atomic E-state index is 0.0791. The van der Waals surface area contributed by atoms with Gasteiger partial charge in [-0.3, -0.25) is 9.79 Å². The normalized spacial score (nSPS) is 25.0. The van der Waals surface area contributed by atoms with Crippen LogP contribution in [0.4, 0.5) is 0 Å². The van der Waals surface area contributed by atoms with E-state index in [1.165, 1.54) is 31.9 Å². The molecule has 3 aliphatic rings. The maximum atomic E-state index is 12.7. The van der Waals surface area contributed by atoms with E-state index in [4.69, 9.17) is 15.5 Å². The Kier molecular flexibility index (Phi) is 5.59. The van der Waals surface area contributed by atoms with E-state index in [0.717, 1.165) is 43.6 Å². The number of amides is 1. The van der Waals surface area contributed by atoms with Gasteiger partial charge in [0.1, 0.15) is 0 Å². The molecule has 1 atom stereocenters. The molecule has 0 radical (unpaired) electrons. The van der Waals surface area contributed by atoms with Crippen LogP contribution in [0.25, 0.3) is 0 Å². The third-order valence-electron chi connectivity index (χ3n) is 5.64. The van der Waals surface area contributed by atoms with Gasteiger partial charge >= 0.3 is 0 Å². The van der Waals surface area contributed by atoms with Crippen molar-refractivity contribution in [3.63, 3.8) is 0 Å². The van der Waals surface area contributed by atoms with Crippen LogP contribution in [0.2, 0.25) is 0 Å². The van der Waals surface area contributed by atoms with Crippen molar-refractivity contribution < 1.29 is 9.53 Å². The predicted octanol–water partition coefficient (Wildman–Crippen LogP) is 2.41. The molecule has 134 valence electrons. The lowest BCUT2D eigenvalue weighted by Gasteiger charge is -2.25. The third kappa shape index (κ3) is 4.38. The first kappa shape index (κ1) is 17.5. The second-order valence-electron chi connectivity index (χ2n) is 7.65. The summed E-state index contributed by atoms with van der Waals surface area (Å²) in [5.41, 5.74) is 7.00. The SMILES string of the molecule is CC(=NC1CCOCC1)C(=CN)C(=O)NC(C)C(C1CC1)C1CC1. The standard InChI is InChI=1S/C19H31N3O2/c1-12(21-16-7-9-24-10-8-16)17(11-20)19(23)22-13(2)18(14-3-4-14)15-5-6-15/h11,13-16,18H,3-10,20H2,1-2H3,(H,22,23). The Morgan fingerprint density at radius 1 is 1.17 bits per heavy atom. The lowest BCUT2D eigenvalue weighted by atomic mass is 9.90. The zero-order chi connectivity index (χ0) is 17.1. The predicted molar refractivity (Wildman–Crippen MR) is 95.8 cm³/mol. The fourth-order valence-corrected chi connectivity index (χ4v) is 4.06. The van der Waals surface area contributed by atoms with Gasteiger partial charge in [0.25, 0.3) is 5.91 Å². The highest BCUT2D eigenvalue weighted by Gasteiger charge is 2.44. The average molecular weight is 333 g/mol. The van der Waals surface area contributed by atoms with E-state index in [-0.39, 0.29) is 18.0 Å². The van der Waals surface area contributed by atoms with Gasteiger partial charge in [0.05, 0.1) is 11.6 Å². The second kappa shape index (κ2) is 7.68. The fourth-order valence-electron chi connectivity index (χ4n) is 4.06. The van der Waals surface area contributed by atoms with Crippen LogP contribution < -0.4 is 11.1 Å². The molecule has 0 aromatic rings. The number of carbonyl (C=O) groups is 1. The van der Waals surface area contributed by atoms with E-state index in [0.29, 0.717) is 11.5 Å². The molecule has 0 aromatic heterocycles. The Bertz CT molecular complexity index is 503. The van der Waals surface area contributed by atoms with E-state index in [1.54, 1.807) is 0 Å². The summed E-state index contributed by atoms with van der Waals surface area (Å²) in [6.07, 6.45) is 8.54. The van der Waals surface area contributed by atoms with Crippen LogP contribution in [0.15, 0.2) is 16.8 Å². The minimum Gasteiger partial charge on any atom is -0.404 e. The van der Waals surface area contributed by atoms with Gasteiger partial charge in [-0.15, -0.1) is 0 Å². The van der Waals surface area contributed by atoms with Gasteiger partial charge in [-0.2, -0.15) is 0 Å². The van der Waals surface area contributed by atoms with Crippen LogP contribution in [0.5, 0.6) is 0 Å². The number of nitrogens with one attached hydrogen (secondary N) is 1. The molecule has 3 N–H and O–H groups in total. The van der Waals surface area contributed by atoms with Crippen LogP contribution >= 0.6 is 0 Å². The third-order valence-corrected chi connectivity index (χ3v) is 5.64. The van der Waals surface area contributed by atoms with Crippen molar-refractivity contribution in [1.29, 1.82) is 0 Å². The van der Waals surface area contributed by atoms with E-state index in [1.807, 2.05) is 6.92 Å². The summed E-state index contributed by atoms with van der Waals surface area (Å²) in [5, 5.41) is 3.20. The van der Waals surface area contributed by atoms with Gasteiger partial charge in [-0.05, 0) is 70.1 Å². The number of rotatable bonds is 7. The van der Waals surface area contributed by atoms with Crippen molar-refractivity contribution in [1.82, 2.24) is 5.32 Å².